The van der Waals surface area contributed by atoms with Gasteiger partial charge in [0, 0.05) is 46.8 Å². The molecule has 120 valence electrons. The Balaban J connectivity index is 1.68. The maximum absolute atomic E-state index is 12.2. The lowest BCUT2D eigenvalue weighted by molar-refractivity contribution is -0.127. The second-order valence-electron chi connectivity index (χ2n) is 6.67. The fourth-order valence-corrected chi connectivity index (χ4v) is 4.97. The van der Waals surface area contributed by atoms with Gasteiger partial charge in [0.2, 0.25) is 5.91 Å². The lowest BCUT2D eigenvalue weighted by Crippen LogP contribution is -2.52. The molecule has 3 aliphatic rings. The van der Waals surface area contributed by atoms with Crippen LogP contribution in [0.2, 0.25) is 0 Å². The first kappa shape index (κ1) is 15.2. The summed E-state index contributed by atoms with van der Waals surface area (Å²) in [6.07, 6.45) is 2.56. The van der Waals surface area contributed by atoms with Gasteiger partial charge in [-0.05, 0) is 24.7 Å². The van der Waals surface area contributed by atoms with Gasteiger partial charge in [-0.25, -0.2) is 0 Å². The van der Waals surface area contributed by atoms with E-state index < -0.39 is 10.2 Å². The molecular formula is C13H24N4O3S. The van der Waals surface area contributed by atoms with Gasteiger partial charge in [0.15, 0.2) is 0 Å². The summed E-state index contributed by atoms with van der Waals surface area (Å²) in [6.45, 7) is 3.69. The summed E-state index contributed by atoms with van der Waals surface area (Å²) in [4.78, 5) is 14.2. The molecule has 8 heteroatoms. The van der Waals surface area contributed by atoms with E-state index in [4.69, 9.17) is 0 Å². The summed E-state index contributed by atoms with van der Waals surface area (Å²) in [5.41, 5.74) is 0.116. The van der Waals surface area contributed by atoms with Crippen molar-refractivity contribution in [3.63, 3.8) is 0 Å². The Morgan fingerprint density at radius 1 is 1.24 bits per heavy atom. The standard InChI is InChI=1S/C13H24N4O3S/c1-15(2)21(19,20)17-6-3-13(4-7-17)9-11-12(18)14-5-8-16(11)10-13/h11H,3-10H2,1-2H3,(H,14,18). The summed E-state index contributed by atoms with van der Waals surface area (Å²) < 4.78 is 27.2. The SMILES string of the molecule is CN(C)S(=O)(=O)N1CCC2(CC1)CC1C(=O)NCCN1C2. The minimum Gasteiger partial charge on any atom is -0.353 e. The lowest BCUT2D eigenvalue weighted by Gasteiger charge is -2.39. The van der Waals surface area contributed by atoms with Crippen molar-refractivity contribution in [2.45, 2.75) is 25.3 Å². The highest BCUT2D eigenvalue weighted by Crippen LogP contribution is 2.44. The minimum absolute atomic E-state index is 0.00393. The molecule has 0 bridgehead atoms. The van der Waals surface area contributed by atoms with Crippen LogP contribution in [0, 0.1) is 5.41 Å². The molecule has 3 fully saturated rings. The third-order valence-electron chi connectivity index (χ3n) is 5.18. The molecule has 1 amide bonds. The van der Waals surface area contributed by atoms with Gasteiger partial charge in [-0.3, -0.25) is 9.69 Å². The van der Waals surface area contributed by atoms with Gasteiger partial charge in [0.05, 0.1) is 6.04 Å². The van der Waals surface area contributed by atoms with Crippen LogP contribution < -0.4 is 5.32 Å². The molecule has 7 nitrogen and oxygen atoms in total. The number of hydrogen-bond donors (Lipinski definition) is 1. The fraction of sp³-hybridized carbons (Fsp3) is 0.923. The second kappa shape index (κ2) is 5.19. The smallest absolute Gasteiger partial charge is 0.281 e. The molecule has 1 N–H and O–H groups in total. The van der Waals surface area contributed by atoms with Gasteiger partial charge in [0.25, 0.3) is 10.2 Å². The molecule has 0 aromatic heterocycles. The molecule has 21 heavy (non-hydrogen) atoms. The molecule has 1 atom stereocenters. The molecular weight excluding hydrogens is 292 g/mol. The summed E-state index contributed by atoms with van der Waals surface area (Å²) >= 11 is 0. The third kappa shape index (κ3) is 2.58. The maximum Gasteiger partial charge on any atom is 0.281 e. The first-order valence-electron chi connectivity index (χ1n) is 7.53. The van der Waals surface area contributed by atoms with Crippen LogP contribution >= 0.6 is 0 Å². The monoisotopic (exact) mass is 316 g/mol. The third-order valence-corrected chi connectivity index (χ3v) is 7.12. The molecule has 0 aromatic carbocycles. The first-order chi connectivity index (χ1) is 9.84. The number of piperidine rings is 1. The molecule has 0 radical (unpaired) electrons. The Morgan fingerprint density at radius 2 is 1.90 bits per heavy atom. The van der Waals surface area contributed by atoms with E-state index in [0.717, 1.165) is 38.9 Å². The van der Waals surface area contributed by atoms with Crippen LogP contribution in [0.15, 0.2) is 0 Å². The Labute approximate surface area is 126 Å². The zero-order valence-electron chi connectivity index (χ0n) is 12.7. The van der Waals surface area contributed by atoms with Crippen molar-refractivity contribution in [1.82, 2.24) is 18.8 Å². The quantitative estimate of drug-likeness (QED) is 0.715. The number of hydrogen-bond acceptors (Lipinski definition) is 4. The summed E-state index contributed by atoms with van der Waals surface area (Å²) in [5.74, 6) is 0.140. The summed E-state index contributed by atoms with van der Waals surface area (Å²) in [5, 5.41) is 2.93. The van der Waals surface area contributed by atoms with E-state index in [1.54, 1.807) is 18.4 Å². The average Bonchev–Trinajstić information content (AvgIpc) is 2.78. The van der Waals surface area contributed by atoms with Crippen LogP contribution in [0.5, 0.6) is 0 Å². The number of amides is 1. The fourth-order valence-electron chi connectivity index (χ4n) is 3.86. The van der Waals surface area contributed by atoms with Crippen molar-refractivity contribution in [2.24, 2.45) is 5.41 Å². The van der Waals surface area contributed by atoms with Crippen molar-refractivity contribution in [3.8, 4) is 0 Å². The normalized spacial score (nSPS) is 30.6. The molecule has 3 saturated heterocycles. The van der Waals surface area contributed by atoms with Crippen LogP contribution in [0.3, 0.4) is 0 Å². The first-order valence-corrected chi connectivity index (χ1v) is 8.93. The minimum atomic E-state index is -3.31. The zero-order chi connectivity index (χ0) is 15.3. The second-order valence-corrected chi connectivity index (χ2v) is 8.81. The molecule has 0 aliphatic carbocycles. The van der Waals surface area contributed by atoms with Crippen LogP contribution in [0.4, 0.5) is 0 Å². The van der Waals surface area contributed by atoms with Gasteiger partial charge < -0.3 is 5.32 Å². The number of carbonyl (C=O) groups excluding carboxylic acids is 1. The highest BCUT2D eigenvalue weighted by atomic mass is 32.2. The van der Waals surface area contributed by atoms with E-state index in [-0.39, 0.29) is 17.4 Å². The molecule has 3 heterocycles. The van der Waals surface area contributed by atoms with Crippen LogP contribution in [0.1, 0.15) is 19.3 Å². The van der Waals surface area contributed by atoms with Crippen molar-refractivity contribution < 1.29 is 13.2 Å². The molecule has 1 unspecified atom stereocenters. The number of nitrogens with zero attached hydrogens (tertiary/aromatic N) is 3. The number of carbonyl (C=O) groups is 1. The average molecular weight is 316 g/mol. The van der Waals surface area contributed by atoms with Gasteiger partial charge in [-0.1, -0.05) is 0 Å². The predicted octanol–water partition coefficient (Wildman–Crippen LogP) is -0.921. The number of nitrogens with one attached hydrogen (secondary N) is 1. The Morgan fingerprint density at radius 3 is 2.48 bits per heavy atom. The molecule has 1 spiro atoms. The predicted molar refractivity (Wildman–Crippen MR) is 78.8 cm³/mol. The van der Waals surface area contributed by atoms with E-state index in [9.17, 15) is 13.2 Å². The number of fused-ring (bicyclic) bond motifs is 1. The Kier molecular flexibility index (Phi) is 3.76. The van der Waals surface area contributed by atoms with Crippen molar-refractivity contribution in [2.75, 3.05) is 46.8 Å². The molecule has 3 rings (SSSR count). The Hall–Kier alpha value is -0.700. The maximum atomic E-state index is 12.2. The van der Waals surface area contributed by atoms with Gasteiger partial charge in [0.1, 0.15) is 0 Å². The van der Waals surface area contributed by atoms with Crippen LogP contribution in [-0.2, 0) is 15.0 Å². The van der Waals surface area contributed by atoms with E-state index in [2.05, 4.69) is 10.2 Å². The summed E-state index contributed by atoms with van der Waals surface area (Å²) in [7, 11) is -0.170. The van der Waals surface area contributed by atoms with Crippen molar-refractivity contribution in [3.05, 3.63) is 0 Å². The van der Waals surface area contributed by atoms with Gasteiger partial charge in [-0.15, -0.1) is 0 Å². The van der Waals surface area contributed by atoms with E-state index >= 15 is 0 Å². The van der Waals surface area contributed by atoms with E-state index in [0.29, 0.717) is 13.1 Å². The molecule has 0 saturated carbocycles. The van der Waals surface area contributed by atoms with Gasteiger partial charge in [-0.2, -0.15) is 17.0 Å². The van der Waals surface area contributed by atoms with Gasteiger partial charge >= 0.3 is 0 Å². The van der Waals surface area contributed by atoms with Crippen molar-refractivity contribution >= 4 is 16.1 Å². The van der Waals surface area contributed by atoms with E-state index in [1.807, 2.05) is 0 Å². The topological polar surface area (TPSA) is 73.0 Å². The highest BCUT2D eigenvalue weighted by Gasteiger charge is 2.49. The number of rotatable bonds is 2. The molecule has 0 aromatic rings. The van der Waals surface area contributed by atoms with E-state index in [1.165, 1.54) is 4.31 Å². The zero-order valence-corrected chi connectivity index (χ0v) is 13.5. The lowest BCUT2D eigenvalue weighted by atomic mass is 9.77. The van der Waals surface area contributed by atoms with Crippen molar-refractivity contribution in [1.29, 1.82) is 0 Å². The summed E-state index contributed by atoms with van der Waals surface area (Å²) in [6, 6.07) is -0.00393. The van der Waals surface area contributed by atoms with Crippen LogP contribution in [-0.4, -0.2) is 80.7 Å². The number of piperazine rings is 1. The highest BCUT2D eigenvalue weighted by molar-refractivity contribution is 7.86. The Bertz CT molecular complexity index is 526. The van der Waals surface area contributed by atoms with Crippen LogP contribution in [0.25, 0.3) is 0 Å². The largest absolute Gasteiger partial charge is 0.353 e. The molecule has 3 aliphatic heterocycles.